The van der Waals surface area contributed by atoms with Crippen LogP contribution in [0.3, 0.4) is 0 Å². The van der Waals surface area contributed by atoms with Crippen molar-refractivity contribution in [2.24, 2.45) is 0 Å². The van der Waals surface area contributed by atoms with E-state index in [-0.39, 0.29) is 26.4 Å². The minimum Gasteiger partial charge on any atom is -0.497 e. The largest absolute Gasteiger partial charge is 0.497 e. The topological polar surface area (TPSA) is 168 Å². The first-order valence-electron chi connectivity index (χ1n) is 45.9. The first kappa shape index (κ1) is 93.3. The highest BCUT2D eigenvalue weighted by molar-refractivity contribution is 7.18. The molecule has 4 aromatic heterocycles. The quantitative estimate of drug-likeness (QED) is 0.0314. The molecule has 0 amide bonds. The number of hydrogen-bond donors (Lipinski definition) is 4. The number of ether oxygens (including phenoxy) is 8. The van der Waals surface area contributed by atoms with Crippen molar-refractivity contribution in [2.45, 2.75) is 26.4 Å². The predicted molar refractivity (Wildman–Crippen MR) is 578 cm³/mol. The molecule has 696 valence electrons. The third-order valence-electron chi connectivity index (χ3n) is 24.1. The van der Waals surface area contributed by atoms with E-state index < -0.39 is 0 Å². The van der Waals surface area contributed by atoms with Crippen molar-refractivity contribution in [1.29, 1.82) is 0 Å². The lowest BCUT2D eigenvalue weighted by Crippen LogP contribution is -2.14. The van der Waals surface area contributed by atoms with Crippen LogP contribution in [-0.4, -0.2) is 75.3 Å². The molecule has 0 fully saturated rings. The molecule has 0 aliphatic carbocycles. The van der Waals surface area contributed by atoms with E-state index in [0.29, 0.717) is 26.4 Å². The van der Waals surface area contributed by atoms with E-state index in [9.17, 15) is 20.4 Å². The highest BCUT2D eigenvalue weighted by Gasteiger charge is 2.28. The summed E-state index contributed by atoms with van der Waals surface area (Å²) in [5.41, 5.74) is 24.2. The molecule has 16 nitrogen and oxygen atoms in total. The fourth-order valence-electron chi connectivity index (χ4n) is 16.7. The Balaban J connectivity index is 0.000000180. The molecule has 18 aromatic rings. The fourth-order valence-corrected chi connectivity index (χ4v) is 20.7. The van der Waals surface area contributed by atoms with Gasteiger partial charge in [-0.2, -0.15) is 0 Å². The Morgan fingerprint density at radius 3 is 0.657 bits per heavy atom. The summed E-state index contributed by atoms with van der Waals surface area (Å²) in [4.78, 5) is 17.6. The van der Waals surface area contributed by atoms with Gasteiger partial charge >= 0.3 is 0 Å². The van der Waals surface area contributed by atoms with Crippen LogP contribution in [0.15, 0.2) is 364 Å². The van der Waals surface area contributed by atoms with E-state index in [1.165, 1.54) is 25.1 Å². The van der Waals surface area contributed by atoms with Gasteiger partial charge in [0.2, 0.25) is 0 Å². The molecule has 6 heterocycles. The van der Waals surface area contributed by atoms with Crippen LogP contribution in [0, 0.1) is 0 Å². The van der Waals surface area contributed by atoms with Gasteiger partial charge in [0.1, 0.15) is 49.4 Å². The Labute approximate surface area is 831 Å². The van der Waals surface area contributed by atoms with Gasteiger partial charge in [-0.15, -0.1) is 45.3 Å². The van der Waals surface area contributed by atoms with Crippen LogP contribution in [0.1, 0.15) is 64.0 Å². The van der Waals surface area contributed by atoms with E-state index in [1.54, 1.807) is 73.8 Å². The highest BCUT2D eigenvalue weighted by atomic mass is 32.1. The Bertz CT molecular complexity index is 6680. The third-order valence-corrected chi connectivity index (χ3v) is 28.7. The van der Waals surface area contributed by atoms with Crippen molar-refractivity contribution >= 4 is 162 Å². The summed E-state index contributed by atoms with van der Waals surface area (Å²) in [6.07, 6.45) is 17.1. The van der Waals surface area contributed by atoms with Gasteiger partial charge in [-0.1, -0.05) is 170 Å². The van der Waals surface area contributed by atoms with Crippen molar-refractivity contribution in [3.8, 4) is 87.8 Å². The molecule has 2 aliphatic heterocycles. The monoisotopic (exact) mass is 1920 g/mol. The third kappa shape index (κ3) is 21.6. The van der Waals surface area contributed by atoms with Crippen LogP contribution in [0.5, 0.6) is 46.0 Å². The second kappa shape index (κ2) is 44.2. The van der Waals surface area contributed by atoms with Gasteiger partial charge in [-0.25, -0.2) is 0 Å². The van der Waals surface area contributed by atoms with E-state index >= 15 is 0 Å². The summed E-state index contributed by atoms with van der Waals surface area (Å²) >= 11 is 6.85. The summed E-state index contributed by atoms with van der Waals surface area (Å²) in [6, 6.07) is 124. The first-order chi connectivity index (χ1) is 68.9. The van der Waals surface area contributed by atoms with Crippen LogP contribution in [0.25, 0.3) is 90.4 Å². The van der Waals surface area contributed by atoms with Crippen molar-refractivity contribution < 1.29 is 58.3 Å². The molecule has 0 saturated carbocycles. The molecule has 0 saturated heterocycles. The molecular formula is C120H100N4O12S4. The van der Waals surface area contributed by atoms with Gasteiger partial charge in [0, 0.05) is 87.8 Å². The standard InChI is InChI=1S/C62H52N2O8S2.C58H48N2O4S2/c1-67-53-29-25-51(26-30-53)64(52-27-31-54(68-2)32-28-52)50-23-15-46(16-24-50)62-60-58(70-36-38-72-60)56(74-62)34-12-42-5-3-41(4-6-42)11-33-55-57-59(71-37-35-69-57)61(73-55)45-13-21-49(22-14-45)63(47-17-7-43(39-65)8-18-47)48-19-9-44(40-66)10-20-48;1-63-53-29-25-51(26-30-53)60(52-27-31-54(64-2)32-28-52)50-23-15-46(16-24-50)58-38-36-56(66-58)34-12-42-5-3-41(4-6-42)11-33-55-35-37-57(65-55)45-13-21-49(22-14-45)59(47-17-7-43(39-61)8-18-47)48-19-9-44(40-62)10-20-48/h3-34,65-66H,35-40H2,1-2H3;3-38,61-62H,39-40H2,1-2H3/b2*33-11+,34-12+. The molecule has 14 aromatic carbocycles. The van der Waals surface area contributed by atoms with E-state index in [0.717, 1.165) is 195 Å². The Morgan fingerprint density at radius 2 is 0.429 bits per heavy atom. The van der Waals surface area contributed by atoms with E-state index in [2.05, 4.69) is 287 Å². The van der Waals surface area contributed by atoms with E-state index in [1.807, 2.05) is 146 Å². The van der Waals surface area contributed by atoms with Crippen molar-refractivity contribution in [2.75, 3.05) is 74.5 Å². The number of methoxy groups -OCH3 is 4. The van der Waals surface area contributed by atoms with Crippen molar-refractivity contribution in [1.82, 2.24) is 0 Å². The Hall–Kier alpha value is -15.7. The summed E-state index contributed by atoms with van der Waals surface area (Å²) in [5.74, 6) is 6.29. The van der Waals surface area contributed by atoms with Crippen LogP contribution >= 0.6 is 45.3 Å². The van der Waals surface area contributed by atoms with Crippen LogP contribution < -0.4 is 57.5 Å². The predicted octanol–water partition coefficient (Wildman–Crippen LogP) is 30.4. The number of rotatable bonds is 32. The van der Waals surface area contributed by atoms with Gasteiger partial charge in [0.05, 0.1) is 74.4 Å². The zero-order chi connectivity index (χ0) is 95.6. The number of anilines is 12. The molecule has 0 bridgehead atoms. The van der Waals surface area contributed by atoms with Gasteiger partial charge < -0.3 is 77.9 Å². The molecule has 0 spiro atoms. The van der Waals surface area contributed by atoms with Gasteiger partial charge in [-0.05, 0) is 309 Å². The maximum atomic E-state index is 9.69. The smallest absolute Gasteiger partial charge is 0.180 e. The second-order valence-electron chi connectivity index (χ2n) is 33.0. The lowest BCUT2D eigenvalue weighted by atomic mass is 10.1. The normalized spacial score (nSPS) is 12.1. The number of hydrogen-bond acceptors (Lipinski definition) is 20. The number of nitrogens with zero attached hydrogens (tertiary/aromatic N) is 4. The zero-order valence-electron chi connectivity index (χ0n) is 77.4. The zero-order valence-corrected chi connectivity index (χ0v) is 80.7. The van der Waals surface area contributed by atoms with Crippen molar-refractivity contribution in [3.05, 3.63) is 428 Å². The minimum absolute atomic E-state index is 0.0000755. The summed E-state index contributed by atoms with van der Waals surface area (Å²) in [7, 11) is 6.71. The average Bonchev–Trinajstić information content (AvgIpc) is 1.66. The van der Waals surface area contributed by atoms with Crippen LogP contribution in [0.4, 0.5) is 68.2 Å². The molecule has 0 atom stereocenters. The minimum atomic E-state index is -0.0233. The molecule has 0 unspecified atom stereocenters. The van der Waals surface area contributed by atoms with E-state index in [4.69, 9.17) is 37.9 Å². The fraction of sp³-hybridized carbons (Fsp3) is 0.100. The lowest BCUT2D eigenvalue weighted by Gasteiger charge is -2.26. The molecule has 2 aliphatic rings. The SMILES string of the molecule is COc1ccc(N(c2ccc(OC)cc2)c2ccc(-c3ccc(/C=C/c4ccc(/C=C/c5ccc(-c6ccc(N(c7ccc(CO)cc7)c7ccc(CO)cc7)cc6)s5)cc4)s3)cc2)cc1.COc1ccc(N(c2ccc(OC)cc2)c2ccc(-c3sc(/C=C/c4ccc(/C=C/c5sc(-c6ccc(N(c7ccc(CO)cc7)c7ccc(CO)cc7)cc6)c6c5OCCO6)cc4)c4c3OCCO4)cc2)cc1. The van der Waals surface area contributed by atoms with Crippen LogP contribution in [-0.2, 0) is 26.4 Å². The summed E-state index contributed by atoms with van der Waals surface area (Å²) < 4.78 is 46.8. The maximum Gasteiger partial charge on any atom is 0.180 e. The molecular weight excluding hydrogens is 1820 g/mol. The van der Waals surface area contributed by atoms with Crippen LogP contribution in [0.2, 0.25) is 0 Å². The molecule has 4 N–H and O–H groups in total. The second-order valence-corrected chi connectivity index (χ2v) is 37.3. The molecule has 20 rings (SSSR count). The molecule has 140 heavy (non-hydrogen) atoms. The maximum absolute atomic E-state index is 9.69. The molecule has 0 radical (unpaired) electrons. The first-order valence-corrected chi connectivity index (χ1v) is 49.1. The average molecular weight is 1920 g/mol. The summed E-state index contributed by atoms with van der Waals surface area (Å²) in [5, 5.41) is 38.6. The van der Waals surface area contributed by atoms with Gasteiger partial charge in [-0.3, -0.25) is 0 Å². The number of aliphatic hydroxyl groups is 4. The highest BCUT2D eigenvalue weighted by Crippen LogP contribution is 2.54. The number of thiophene rings is 4. The lowest BCUT2D eigenvalue weighted by molar-refractivity contribution is 0.174. The number of aliphatic hydroxyl groups excluding tert-OH is 4. The molecule has 20 heteroatoms. The Kier molecular flexibility index (Phi) is 29.4. The Morgan fingerprint density at radius 1 is 0.221 bits per heavy atom. The van der Waals surface area contributed by atoms with Gasteiger partial charge in [0.15, 0.2) is 23.0 Å². The summed E-state index contributed by atoms with van der Waals surface area (Å²) in [6.45, 7) is 1.90. The number of fused-ring (bicyclic) bond motifs is 2. The number of benzene rings is 14. The van der Waals surface area contributed by atoms with Gasteiger partial charge in [0.25, 0.3) is 0 Å². The van der Waals surface area contributed by atoms with Crippen molar-refractivity contribution in [3.63, 3.8) is 0 Å².